The molecule has 0 aliphatic rings. The van der Waals surface area contributed by atoms with Gasteiger partial charge in [-0.3, -0.25) is 0 Å². The zero-order valence-electron chi connectivity index (χ0n) is 15.7. The van der Waals surface area contributed by atoms with E-state index in [1.165, 1.54) is 26.9 Å². The highest BCUT2D eigenvalue weighted by Crippen LogP contribution is 2.21. The van der Waals surface area contributed by atoms with Gasteiger partial charge < -0.3 is 15.6 Å². The van der Waals surface area contributed by atoms with Crippen LogP contribution in [0.15, 0.2) is 35.6 Å². The van der Waals surface area contributed by atoms with E-state index in [1.54, 1.807) is 11.3 Å². The Balaban J connectivity index is 1.59. The third kappa shape index (κ3) is 4.43. The molecule has 0 saturated heterocycles. The summed E-state index contributed by atoms with van der Waals surface area (Å²) in [4.78, 5) is 13.8. The number of thiazole rings is 1. The molecule has 2 heterocycles. The zero-order valence-corrected chi connectivity index (χ0v) is 16.5. The first-order valence-corrected chi connectivity index (χ1v) is 10.0. The average Bonchev–Trinajstić information content (AvgIpc) is 3.27. The van der Waals surface area contributed by atoms with Crippen LogP contribution in [-0.4, -0.2) is 29.0 Å². The Morgan fingerprint density at radius 2 is 2.15 bits per heavy atom. The molecule has 0 aliphatic heterocycles. The van der Waals surface area contributed by atoms with E-state index in [-0.39, 0.29) is 0 Å². The molecule has 0 radical (unpaired) electrons. The van der Waals surface area contributed by atoms with Crippen LogP contribution in [0.25, 0.3) is 10.9 Å². The number of hydrogen-bond acceptors (Lipinski definition) is 3. The molecule has 138 valence electrons. The fourth-order valence-electron chi connectivity index (χ4n) is 2.96. The van der Waals surface area contributed by atoms with Gasteiger partial charge in [-0.2, -0.15) is 0 Å². The Labute approximate surface area is 159 Å². The van der Waals surface area contributed by atoms with Crippen molar-refractivity contribution < 1.29 is 0 Å². The van der Waals surface area contributed by atoms with Crippen LogP contribution in [0.2, 0.25) is 0 Å². The molecule has 0 aliphatic carbocycles. The molecule has 0 amide bonds. The molecule has 6 heteroatoms. The Morgan fingerprint density at radius 3 is 2.92 bits per heavy atom. The molecule has 3 rings (SSSR count). The van der Waals surface area contributed by atoms with E-state index < -0.39 is 0 Å². The number of nitrogens with one attached hydrogen (secondary N) is 3. The van der Waals surface area contributed by atoms with E-state index in [2.05, 4.69) is 70.8 Å². The highest BCUT2D eigenvalue weighted by atomic mass is 32.1. The van der Waals surface area contributed by atoms with Crippen LogP contribution in [0.1, 0.15) is 34.9 Å². The third-order valence-corrected chi connectivity index (χ3v) is 5.49. The Morgan fingerprint density at radius 1 is 1.27 bits per heavy atom. The fourth-order valence-corrected chi connectivity index (χ4v) is 3.75. The van der Waals surface area contributed by atoms with Gasteiger partial charge >= 0.3 is 0 Å². The molecule has 26 heavy (non-hydrogen) atoms. The van der Waals surface area contributed by atoms with Crippen molar-refractivity contribution in [1.82, 2.24) is 20.6 Å². The van der Waals surface area contributed by atoms with Crippen molar-refractivity contribution in [1.29, 1.82) is 0 Å². The number of aromatic amines is 1. The lowest BCUT2D eigenvalue weighted by molar-refractivity contribution is 0.801. The number of aliphatic imine (C=N–C) groups is 1. The van der Waals surface area contributed by atoms with Gasteiger partial charge in [-0.25, -0.2) is 9.98 Å². The lowest BCUT2D eigenvalue weighted by Crippen LogP contribution is -2.38. The molecule has 3 aromatic rings. The summed E-state index contributed by atoms with van der Waals surface area (Å²) in [7, 11) is 0. The number of fused-ring (bicyclic) bond motifs is 1. The summed E-state index contributed by atoms with van der Waals surface area (Å²) in [6.07, 6.45) is 6.05. The lowest BCUT2D eigenvalue weighted by Gasteiger charge is -2.10. The van der Waals surface area contributed by atoms with E-state index >= 15 is 0 Å². The number of rotatable bonds is 7. The highest BCUT2D eigenvalue weighted by molar-refractivity contribution is 7.11. The number of para-hydroxylation sites is 1. The molecule has 0 saturated carbocycles. The van der Waals surface area contributed by atoms with E-state index in [0.29, 0.717) is 6.54 Å². The summed E-state index contributed by atoms with van der Waals surface area (Å²) >= 11 is 1.74. The van der Waals surface area contributed by atoms with Crippen molar-refractivity contribution in [3.05, 3.63) is 51.6 Å². The maximum atomic E-state index is 4.66. The van der Waals surface area contributed by atoms with Crippen LogP contribution < -0.4 is 10.6 Å². The average molecular weight is 370 g/mol. The minimum absolute atomic E-state index is 0.617. The lowest BCUT2D eigenvalue weighted by atomic mass is 10.1. The second-order valence-corrected chi connectivity index (χ2v) is 7.46. The molecular formula is C20H27N5S. The number of H-pyrrole nitrogens is 1. The van der Waals surface area contributed by atoms with Gasteiger partial charge in [0.25, 0.3) is 0 Å². The van der Waals surface area contributed by atoms with Crippen molar-refractivity contribution in [2.24, 2.45) is 4.99 Å². The number of aryl methyl sites for hydroxylation is 2. The molecule has 3 N–H and O–H groups in total. The first kappa shape index (κ1) is 18.5. The van der Waals surface area contributed by atoms with Gasteiger partial charge in [-0.1, -0.05) is 25.1 Å². The van der Waals surface area contributed by atoms with Crippen LogP contribution in [0.4, 0.5) is 0 Å². The van der Waals surface area contributed by atoms with Crippen molar-refractivity contribution in [3.63, 3.8) is 0 Å². The number of aromatic nitrogens is 2. The second kappa shape index (κ2) is 8.85. The molecule has 0 unspecified atom stereocenters. The smallest absolute Gasteiger partial charge is 0.191 e. The molecule has 0 spiro atoms. The second-order valence-electron chi connectivity index (χ2n) is 6.26. The molecule has 0 bridgehead atoms. The van der Waals surface area contributed by atoms with Gasteiger partial charge in [0.15, 0.2) is 5.96 Å². The maximum Gasteiger partial charge on any atom is 0.191 e. The molecule has 5 nitrogen and oxygen atoms in total. The minimum atomic E-state index is 0.617. The number of nitrogens with zero attached hydrogens (tertiary/aromatic N) is 2. The summed E-state index contributed by atoms with van der Waals surface area (Å²) in [6, 6.07) is 6.44. The van der Waals surface area contributed by atoms with Crippen LogP contribution in [0.3, 0.4) is 0 Å². The molecular weight excluding hydrogens is 342 g/mol. The van der Waals surface area contributed by atoms with Gasteiger partial charge in [-0.05, 0) is 37.8 Å². The van der Waals surface area contributed by atoms with Crippen LogP contribution in [0.5, 0.6) is 0 Å². The molecule has 2 aromatic heterocycles. The number of guanidine groups is 1. The maximum absolute atomic E-state index is 4.66. The third-order valence-electron chi connectivity index (χ3n) is 4.36. The van der Waals surface area contributed by atoms with Crippen LogP contribution >= 0.6 is 11.3 Å². The predicted molar refractivity (Wildman–Crippen MR) is 111 cm³/mol. The monoisotopic (exact) mass is 369 g/mol. The number of benzene rings is 1. The van der Waals surface area contributed by atoms with Gasteiger partial charge in [0.05, 0.1) is 6.54 Å². The Kier molecular flexibility index (Phi) is 6.28. The highest BCUT2D eigenvalue weighted by Gasteiger charge is 2.06. The zero-order chi connectivity index (χ0) is 18.4. The SMILES string of the molecule is CCNC(=NCc1ncc(CC)s1)NCCc1c[nH]c2c(C)cccc12. The minimum Gasteiger partial charge on any atom is -0.361 e. The molecule has 0 fully saturated rings. The molecule has 1 aromatic carbocycles. The summed E-state index contributed by atoms with van der Waals surface area (Å²) in [5.41, 5.74) is 3.85. The van der Waals surface area contributed by atoms with Crippen molar-refractivity contribution in [3.8, 4) is 0 Å². The first-order valence-electron chi connectivity index (χ1n) is 9.22. The van der Waals surface area contributed by atoms with E-state index in [0.717, 1.165) is 36.9 Å². The van der Waals surface area contributed by atoms with Gasteiger partial charge in [0.1, 0.15) is 5.01 Å². The first-order chi connectivity index (χ1) is 12.7. The number of hydrogen-bond donors (Lipinski definition) is 3. The Hall–Kier alpha value is -2.34. The van der Waals surface area contributed by atoms with E-state index in [4.69, 9.17) is 0 Å². The van der Waals surface area contributed by atoms with Gasteiger partial charge in [0, 0.05) is 41.3 Å². The largest absolute Gasteiger partial charge is 0.361 e. The summed E-state index contributed by atoms with van der Waals surface area (Å²) in [5.74, 6) is 0.844. The normalized spacial score (nSPS) is 11.9. The van der Waals surface area contributed by atoms with Crippen molar-refractivity contribution in [2.45, 2.75) is 40.2 Å². The van der Waals surface area contributed by atoms with Crippen LogP contribution in [0, 0.1) is 6.92 Å². The summed E-state index contributed by atoms with van der Waals surface area (Å²) < 4.78 is 0. The fraction of sp³-hybridized carbons (Fsp3) is 0.400. The predicted octanol–water partition coefficient (Wildman–Crippen LogP) is 3.79. The van der Waals surface area contributed by atoms with E-state index in [9.17, 15) is 0 Å². The van der Waals surface area contributed by atoms with E-state index in [1.807, 2.05) is 6.20 Å². The van der Waals surface area contributed by atoms with Gasteiger partial charge in [-0.15, -0.1) is 11.3 Å². The Bertz CT molecular complexity index is 877. The van der Waals surface area contributed by atoms with Crippen LogP contribution in [-0.2, 0) is 19.4 Å². The summed E-state index contributed by atoms with van der Waals surface area (Å²) in [6.45, 7) is 8.67. The van der Waals surface area contributed by atoms with Crippen molar-refractivity contribution in [2.75, 3.05) is 13.1 Å². The van der Waals surface area contributed by atoms with Gasteiger partial charge in [0.2, 0.25) is 0 Å². The quantitative estimate of drug-likeness (QED) is 0.438. The topological polar surface area (TPSA) is 65.1 Å². The standard InChI is InChI=1S/C20H27N5S/c1-4-16-12-23-18(26-16)13-25-20(21-5-2)22-10-9-15-11-24-19-14(3)7-6-8-17(15)19/h6-8,11-12,24H,4-5,9-10,13H2,1-3H3,(H2,21,22,25). The summed E-state index contributed by atoms with van der Waals surface area (Å²) in [5, 5.41) is 9.11. The molecule has 0 atom stereocenters. The van der Waals surface area contributed by atoms with Crippen molar-refractivity contribution >= 4 is 28.2 Å².